The molecule has 2 aliphatic heterocycles. The molecule has 4 atom stereocenters. The standard InChI is InChI=1S/C22H27NO6/c1-12-2-4-14(19-10-17(25)22(27)20(11-24)29-19)21(26)15(12)8-13-3-5-18-16(9-13)23-6-7-28-18/h2-5,9,17,19-20,22-27H,6-8,10-11H2,1H3/t17-,19-,20-,22+/m1/s1. The molecule has 29 heavy (non-hydrogen) atoms. The maximum Gasteiger partial charge on any atom is 0.142 e. The summed E-state index contributed by atoms with van der Waals surface area (Å²) in [7, 11) is 0. The lowest BCUT2D eigenvalue weighted by molar-refractivity contribution is -0.181. The van der Waals surface area contributed by atoms with E-state index in [1.165, 1.54) is 0 Å². The summed E-state index contributed by atoms with van der Waals surface area (Å²) >= 11 is 0. The van der Waals surface area contributed by atoms with Gasteiger partial charge in [-0.15, -0.1) is 0 Å². The Balaban J connectivity index is 1.62. The van der Waals surface area contributed by atoms with Crippen LogP contribution in [0.15, 0.2) is 30.3 Å². The summed E-state index contributed by atoms with van der Waals surface area (Å²) in [6.07, 6.45) is -2.99. The van der Waals surface area contributed by atoms with Gasteiger partial charge in [-0.2, -0.15) is 0 Å². The third-order valence-electron chi connectivity index (χ3n) is 5.74. The molecule has 0 unspecified atom stereocenters. The number of phenolic OH excluding ortho intramolecular Hbond substituents is 1. The molecule has 0 aromatic heterocycles. The van der Waals surface area contributed by atoms with E-state index in [1.54, 1.807) is 6.07 Å². The van der Waals surface area contributed by atoms with Crippen LogP contribution in [0.2, 0.25) is 0 Å². The van der Waals surface area contributed by atoms with Gasteiger partial charge in [-0.1, -0.05) is 18.2 Å². The van der Waals surface area contributed by atoms with Crippen LogP contribution >= 0.6 is 0 Å². The molecule has 2 aromatic carbocycles. The molecule has 7 heteroatoms. The van der Waals surface area contributed by atoms with E-state index in [-0.39, 0.29) is 12.2 Å². The fourth-order valence-corrected chi connectivity index (χ4v) is 4.05. The van der Waals surface area contributed by atoms with Crippen LogP contribution < -0.4 is 10.1 Å². The molecule has 1 saturated heterocycles. The summed E-state index contributed by atoms with van der Waals surface area (Å²) in [4.78, 5) is 0. The smallest absolute Gasteiger partial charge is 0.142 e. The number of hydrogen-bond donors (Lipinski definition) is 5. The Morgan fingerprint density at radius 3 is 2.79 bits per heavy atom. The Kier molecular flexibility index (Phi) is 5.65. The number of hydrogen-bond acceptors (Lipinski definition) is 7. The molecule has 2 aromatic rings. The summed E-state index contributed by atoms with van der Waals surface area (Å²) in [6.45, 7) is 2.94. The molecule has 4 rings (SSSR count). The van der Waals surface area contributed by atoms with Crippen LogP contribution in [0.5, 0.6) is 11.5 Å². The van der Waals surface area contributed by atoms with Crippen LogP contribution in [0.3, 0.4) is 0 Å². The number of anilines is 1. The quantitative estimate of drug-likeness (QED) is 0.530. The van der Waals surface area contributed by atoms with Crippen LogP contribution in [-0.2, 0) is 11.2 Å². The number of phenols is 1. The highest BCUT2D eigenvalue weighted by Gasteiger charge is 2.38. The molecule has 2 aliphatic rings. The second kappa shape index (κ2) is 8.20. The molecule has 0 spiro atoms. The van der Waals surface area contributed by atoms with Gasteiger partial charge in [-0.3, -0.25) is 0 Å². The van der Waals surface area contributed by atoms with Gasteiger partial charge < -0.3 is 35.2 Å². The molecule has 0 amide bonds. The number of benzene rings is 2. The number of rotatable bonds is 4. The molecule has 1 fully saturated rings. The fourth-order valence-electron chi connectivity index (χ4n) is 4.05. The minimum Gasteiger partial charge on any atom is -0.507 e. The topological polar surface area (TPSA) is 111 Å². The van der Waals surface area contributed by atoms with Gasteiger partial charge >= 0.3 is 0 Å². The largest absolute Gasteiger partial charge is 0.507 e. The van der Waals surface area contributed by atoms with E-state index in [0.717, 1.165) is 34.7 Å². The predicted molar refractivity (Wildman–Crippen MR) is 107 cm³/mol. The van der Waals surface area contributed by atoms with E-state index in [1.807, 2.05) is 31.2 Å². The Morgan fingerprint density at radius 1 is 1.17 bits per heavy atom. The van der Waals surface area contributed by atoms with Crippen LogP contribution in [0, 0.1) is 6.92 Å². The van der Waals surface area contributed by atoms with Crippen LogP contribution in [0.4, 0.5) is 5.69 Å². The number of ether oxygens (including phenoxy) is 2. The zero-order valence-electron chi connectivity index (χ0n) is 16.3. The van der Waals surface area contributed by atoms with E-state index in [0.29, 0.717) is 18.6 Å². The van der Waals surface area contributed by atoms with E-state index in [4.69, 9.17) is 9.47 Å². The molecule has 0 bridgehead atoms. The van der Waals surface area contributed by atoms with Gasteiger partial charge in [0.25, 0.3) is 0 Å². The van der Waals surface area contributed by atoms with E-state index < -0.39 is 31.0 Å². The fraction of sp³-hybridized carbons (Fsp3) is 0.455. The predicted octanol–water partition coefficient (Wildman–Crippen LogP) is 1.64. The SMILES string of the molecule is Cc1ccc([C@H]2C[C@@H](O)[C@H](O)[C@@H](CO)O2)c(O)c1Cc1ccc2c(c1)NCCO2. The number of fused-ring (bicyclic) bond motifs is 1. The Bertz CT molecular complexity index is 886. The third-order valence-corrected chi connectivity index (χ3v) is 5.74. The Labute approximate surface area is 169 Å². The molecule has 7 nitrogen and oxygen atoms in total. The number of aliphatic hydroxyl groups excluding tert-OH is 3. The molecule has 0 radical (unpaired) electrons. The molecule has 0 aliphatic carbocycles. The van der Waals surface area contributed by atoms with Crippen LogP contribution in [0.25, 0.3) is 0 Å². The minimum absolute atomic E-state index is 0.122. The monoisotopic (exact) mass is 401 g/mol. The highest BCUT2D eigenvalue weighted by Crippen LogP contribution is 2.39. The molecule has 0 saturated carbocycles. The highest BCUT2D eigenvalue weighted by molar-refractivity contribution is 5.60. The third kappa shape index (κ3) is 3.91. The molecule has 2 heterocycles. The van der Waals surface area contributed by atoms with Crippen molar-refractivity contribution in [2.45, 2.75) is 44.2 Å². The lowest BCUT2D eigenvalue weighted by Crippen LogP contribution is -2.47. The van der Waals surface area contributed by atoms with Crippen LogP contribution in [-0.4, -0.2) is 58.5 Å². The Hall–Kier alpha value is -2.32. The van der Waals surface area contributed by atoms with Crippen molar-refractivity contribution in [1.29, 1.82) is 0 Å². The minimum atomic E-state index is -1.14. The first-order valence-electron chi connectivity index (χ1n) is 9.91. The summed E-state index contributed by atoms with van der Waals surface area (Å²) in [5.41, 5.74) is 4.26. The van der Waals surface area contributed by atoms with Gasteiger partial charge in [0.05, 0.1) is 24.5 Å². The van der Waals surface area contributed by atoms with Gasteiger partial charge in [0.2, 0.25) is 0 Å². The maximum absolute atomic E-state index is 11.0. The Morgan fingerprint density at radius 2 is 2.00 bits per heavy atom. The maximum atomic E-state index is 11.0. The first kappa shape index (κ1) is 20.0. The normalized spacial score (nSPS) is 26.3. The van der Waals surface area contributed by atoms with Crippen molar-refractivity contribution in [3.8, 4) is 11.5 Å². The van der Waals surface area contributed by atoms with Gasteiger partial charge in [-0.05, 0) is 30.2 Å². The number of nitrogens with one attached hydrogen (secondary N) is 1. The zero-order valence-corrected chi connectivity index (χ0v) is 16.3. The van der Waals surface area contributed by atoms with Crippen molar-refractivity contribution >= 4 is 5.69 Å². The van der Waals surface area contributed by atoms with Crippen molar-refractivity contribution in [2.75, 3.05) is 25.1 Å². The lowest BCUT2D eigenvalue weighted by atomic mass is 9.90. The van der Waals surface area contributed by atoms with Gasteiger partial charge in [0.1, 0.15) is 30.3 Å². The average Bonchev–Trinajstić information content (AvgIpc) is 2.73. The van der Waals surface area contributed by atoms with Crippen molar-refractivity contribution in [2.24, 2.45) is 0 Å². The van der Waals surface area contributed by atoms with Crippen molar-refractivity contribution in [1.82, 2.24) is 0 Å². The first-order valence-corrected chi connectivity index (χ1v) is 9.91. The second-order valence-electron chi connectivity index (χ2n) is 7.72. The van der Waals surface area contributed by atoms with Crippen molar-refractivity contribution in [3.05, 3.63) is 52.6 Å². The van der Waals surface area contributed by atoms with E-state index >= 15 is 0 Å². The van der Waals surface area contributed by atoms with Crippen molar-refractivity contribution in [3.63, 3.8) is 0 Å². The molecular weight excluding hydrogens is 374 g/mol. The molecule has 5 N–H and O–H groups in total. The van der Waals surface area contributed by atoms with Crippen molar-refractivity contribution < 1.29 is 29.9 Å². The number of aliphatic hydroxyl groups is 3. The van der Waals surface area contributed by atoms with Gasteiger partial charge in [-0.25, -0.2) is 0 Å². The second-order valence-corrected chi connectivity index (χ2v) is 7.72. The summed E-state index contributed by atoms with van der Waals surface area (Å²) in [6, 6.07) is 9.63. The first-order chi connectivity index (χ1) is 14.0. The highest BCUT2D eigenvalue weighted by atomic mass is 16.5. The molecular formula is C22H27NO6. The number of aryl methyl sites for hydroxylation is 1. The number of aromatic hydroxyl groups is 1. The lowest BCUT2D eigenvalue weighted by Gasteiger charge is -2.37. The zero-order chi connectivity index (χ0) is 20.5. The summed E-state index contributed by atoms with van der Waals surface area (Å²) in [5.74, 6) is 0.949. The van der Waals surface area contributed by atoms with Gasteiger partial charge in [0.15, 0.2) is 0 Å². The van der Waals surface area contributed by atoms with E-state index in [9.17, 15) is 20.4 Å². The summed E-state index contributed by atoms with van der Waals surface area (Å²) < 4.78 is 11.4. The van der Waals surface area contributed by atoms with Crippen LogP contribution in [0.1, 0.15) is 34.8 Å². The average molecular weight is 401 g/mol. The molecule has 156 valence electrons. The van der Waals surface area contributed by atoms with E-state index in [2.05, 4.69) is 5.32 Å². The summed E-state index contributed by atoms with van der Waals surface area (Å²) in [5, 5.41) is 43.8. The van der Waals surface area contributed by atoms with Gasteiger partial charge in [0, 0.05) is 30.5 Å².